The first-order valence-corrected chi connectivity index (χ1v) is 8.13. The molecule has 0 radical (unpaired) electrons. The number of hydrogen-bond donors (Lipinski definition) is 0. The van der Waals surface area contributed by atoms with Crippen LogP contribution >= 0.6 is 0 Å². The summed E-state index contributed by atoms with van der Waals surface area (Å²) in [5.74, 6) is 1.66. The minimum atomic E-state index is -0.109. The first kappa shape index (κ1) is 17.5. The first-order chi connectivity index (χ1) is 12.6. The van der Waals surface area contributed by atoms with E-state index in [1.807, 2.05) is 25.4 Å². The van der Waals surface area contributed by atoms with Crippen LogP contribution < -0.4 is 9.47 Å². The third-order valence-electron chi connectivity index (χ3n) is 3.65. The van der Waals surface area contributed by atoms with Crippen molar-refractivity contribution in [3.8, 4) is 17.4 Å². The van der Waals surface area contributed by atoms with Crippen molar-refractivity contribution in [2.75, 3.05) is 13.7 Å². The molecule has 0 aliphatic heterocycles. The third-order valence-corrected chi connectivity index (χ3v) is 3.65. The summed E-state index contributed by atoms with van der Waals surface area (Å²) in [6.07, 6.45) is 5.29. The quantitative estimate of drug-likeness (QED) is 0.654. The predicted octanol–water partition coefficient (Wildman–Crippen LogP) is 2.64. The number of hydrogen-bond acceptors (Lipinski definition) is 5. The van der Waals surface area contributed by atoms with Crippen molar-refractivity contribution >= 4 is 5.91 Å². The van der Waals surface area contributed by atoms with Crippen LogP contribution in [0.2, 0.25) is 0 Å². The summed E-state index contributed by atoms with van der Waals surface area (Å²) in [7, 11) is 3.58. The van der Waals surface area contributed by atoms with Crippen molar-refractivity contribution in [3.63, 3.8) is 0 Å². The highest BCUT2D eigenvalue weighted by Crippen LogP contribution is 2.22. The molecule has 0 N–H and O–H groups in total. The number of carbonyl (C=O) groups is 1. The average molecular weight is 352 g/mol. The maximum absolute atomic E-state index is 12.2. The molecular formula is C19H20N4O3. The molecular weight excluding hydrogens is 332 g/mol. The molecule has 0 aliphatic rings. The van der Waals surface area contributed by atoms with Crippen LogP contribution in [0.1, 0.15) is 5.56 Å². The number of ether oxygens (including phenoxy) is 2. The van der Waals surface area contributed by atoms with Crippen LogP contribution in [0.15, 0.2) is 61.1 Å². The average Bonchev–Trinajstić information content (AvgIpc) is 3.06. The minimum Gasteiger partial charge on any atom is -0.484 e. The lowest BCUT2D eigenvalue weighted by Gasteiger charge is -2.16. The number of rotatable bonds is 7. The molecule has 0 aliphatic carbocycles. The van der Waals surface area contributed by atoms with Gasteiger partial charge in [-0.3, -0.25) is 9.48 Å². The number of aromatic nitrogens is 3. The van der Waals surface area contributed by atoms with Crippen molar-refractivity contribution in [1.29, 1.82) is 0 Å². The molecule has 0 bridgehead atoms. The highest BCUT2D eigenvalue weighted by Gasteiger charge is 2.11. The van der Waals surface area contributed by atoms with Gasteiger partial charge in [0, 0.05) is 44.7 Å². The van der Waals surface area contributed by atoms with Crippen molar-refractivity contribution in [3.05, 3.63) is 66.6 Å². The Morgan fingerprint density at radius 1 is 1.15 bits per heavy atom. The molecule has 2 heterocycles. The molecule has 2 aromatic heterocycles. The second kappa shape index (κ2) is 8.15. The fourth-order valence-corrected chi connectivity index (χ4v) is 2.30. The van der Waals surface area contributed by atoms with E-state index in [9.17, 15) is 4.79 Å². The zero-order valence-electron chi connectivity index (χ0n) is 14.7. The fourth-order valence-electron chi connectivity index (χ4n) is 2.30. The van der Waals surface area contributed by atoms with Gasteiger partial charge in [0.2, 0.25) is 5.88 Å². The van der Waals surface area contributed by atoms with Crippen LogP contribution in [-0.4, -0.2) is 39.2 Å². The third kappa shape index (κ3) is 4.83. The molecule has 7 nitrogen and oxygen atoms in total. The van der Waals surface area contributed by atoms with Gasteiger partial charge in [0.15, 0.2) is 6.61 Å². The summed E-state index contributed by atoms with van der Waals surface area (Å²) in [5, 5.41) is 4.09. The molecule has 0 fully saturated rings. The number of likely N-dealkylation sites (N-methyl/N-ethyl adjacent to an activating group) is 1. The minimum absolute atomic E-state index is 0.0305. The van der Waals surface area contributed by atoms with E-state index in [0.717, 1.165) is 5.56 Å². The molecule has 3 rings (SSSR count). The smallest absolute Gasteiger partial charge is 0.260 e. The Morgan fingerprint density at radius 3 is 2.58 bits per heavy atom. The maximum Gasteiger partial charge on any atom is 0.260 e. The number of nitrogens with zero attached hydrogens (tertiary/aromatic N) is 4. The summed E-state index contributed by atoms with van der Waals surface area (Å²) in [5.41, 5.74) is 0.972. The zero-order chi connectivity index (χ0) is 18.4. The largest absolute Gasteiger partial charge is 0.484 e. The summed E-state index contributed by atoms with van der Waals surface area (Å²) in [6.45, 7) is 0.462. The van der Waals surface area contributed by atoms with E-state index in [4.69, 9.17) is 9.47 Å². The van der Waals surface area contributed by atoms with E-state index >= 15 is 0 Å². The summed E-state index contributed by atoms with van der Waals surface area (Å²) in [6, 6.07) is 12.5. The van der Waals surface area contributed by atoms with Crippen molar-refractivity contribution in [1.82, 2.24) is 19.7 Å². The van der Waals surface area contributed by atoms with E-state index in [1.54, 1.807) is 59.4 Å². The van der Waals surface area contributed by atoms with Gasteiger partial charge in [-0.25, -0.2) is 4.98 Å². The van der Waals surface area contributed by atoms with Gasteiger partial charge in [0.05, 0.1) is 6.20 Å². The second-order valence-electron chi connectivity index (χ2n) is 5.80. The zero-order valence-corrected chi connectivity index (χ0v) is 14.7. The highest BCUT2D eigenvalue weighted by molar-refractivity contribution is 5.77. The van der Waals surface area contributed by atoms with E-state index < -0.39 is 0 Å². The molecule has 134 valence electrons. The van der Waals surface area contributed by atoms with Gasteiger partial charge in [-0.2, -0.15) is 5.10 Å². The molecule has 3 aromatic rings. The van der Waals surface area contributed by atoms with Gasteiger partial charge >= 0.3 is 0 Å². The monoisotopic (exact) mass is 352 g/mol. The Kier molecular flexibility index (Phi) is 5.48. The Balaban J connectivity index is 1.48. The summed E-state index contributed by atoms with van der Waals surface area (Å²) in [4.78, 5) is 17.9. The fraction of sp³-hybridized carbons (Fsp3) is 0.211. The lowest BCUT2D eigenvalue weighted by Crippen LogP contribution is -2.30. The Labute approximate surface area is 151 Å². The summed E-state index contributed by atoms with van der Waals surface area (Å²) < 4.78 is 12.9. The lowest BCUT2D eigenvalue weighted by molar-refractivity contribution is -0.132. The first-order valence-electron chi connectivity index (χ1n) is 8.13. The molecule has 0 saturated carbocycles. The van der Waals surface area contributed by atoms with Gasteiger partial charge in [0.1, 0.15) is 11.5 Å². The van der Waals surface area contributed by atoms with Crippen LogP contribution in [0.3, 0.4) is 0 Å². The standard InChI is InChI=1S/C19H20N4O3/c1-22(12-15-11-21-23(2)13-15)19(24)14-25-16-6-8-17(9-7-16)26-18-5-3-4-10-20-18/h3-11,13H,12,14H2,1-2H3. The van der Waals surface area contributed by atoms with Gasteiger partial charge in [0.25, 0.3) is 5.91 Å². The molecule has 26 heavy (non-hydrogen) atoms. The number of amides is 1. The van der Waals surface area contributed by atoms with E-state index in [1.165, 1.54) is 0 Å². The van der Waals surface area contributed by atoms with Crippen LogP contribution in [0, 0.1) is 0 Å². The summed E-state index contributed by atoms with van der Waals surface area (Å²) >= 11 is 0. The SMILES string of the molecule is CN(Cc1cnn(C)c1)C(=O)COc1ccc(Oc2ccccn2)cc1. The molecule has 0 saturated heterocycles. The molecule has 0 unspecified atom stereocenters. The van der Waals surface area contributed by atoms with Gasteiger partial charge in [-0.05, 0) is 30.3 Å². The molecule has 0 spiro atoms. The topological polar surface area (TPSA) is 69.5 Å². The van der Waals surface area contributed by atoms with Gasteiger partial charge in [-0.1, -0.05) is 6.07 Å². The Morgan fingerprint density at radius 2 is 1.92 bits per heavy atom. The van der Waals surface area contributed by atoms with Crippen molar-refractivity contribution in [2.45, 2.75) is 6.54 Å². The second-order valence-corrected chi connectivity index (χ2v) is 5.80. The van der Waals surface area contributed by atoms with Gasteiger partial charge < -0.3 is 14.4 Å². The van der Waals surface area contributed by atoms with Crippen molar-refractivity contribution in [2.24, 2.45) is 7.05 Å². The van der Waals surface area contributed by atoms with Crippen LogP contribution in [-0.2, 0) is 18.4 Å². The Hall–Kier alpha value is -3.35. The van der Waals surface area contributed by atoms with Crippen molar-refractivity contribution < 1.29 is 14.3 Å². The normalized spacial score (nSPS) is 10.4. The van der Waals surface area contributed by atoms with Crippen LogP contribution in [0.25, 0.3) is 0 Å². The van der Waals surface area contributed by atoms with Crippen LogP contribution in [0.4, 0.5) is 0 Å². The van der Waals surface area contributed by atoms with E-state index in [0.29, 0.717) is 23.9 Å². The maximum atomic E-state index is 12.2. The predicted molar refractivity (Wildman–Crippen MR) is 95.9 cm³/mol. The number of pyridine rings is 1. The lowest BCUT2D eigenvalue weighted by atomic mass is 10.3. The van der Waals surface area contributed by atoms with Crippen LogP contribution in [0.5, 0.6) is 17.4 Å². The number of carbonyl (C=O) groups excluding carboxylic acids is 1. The molecule has 1 aromatic carbocycles. The van der Waals surface area contributed by atoms with Gasteiger partial charge in [-0.15, -0.1) is 0 Å². The van der Waals surface area contributed by atoms with E-state index in [2.05, 4.69) is 10.1 Å². The number of aryl methyl sites for hydroxylation is 1. The highest BCUT2D eigenvalue weighted by atomic mass is 16.5. The molecule has 1 amide bonds. The Bertz CT molecular complexity index is 847. The molecule has 7 heteroatoms. The molecule has 0 atom stereocenters. The van der Waals surface area contributed by atoms with E-state index in [-0.39, 0.29) is 12.5 Å². The number of benzene rings is 1.